The van der Waals surface area contributed by atoms with E-state index in [2.05, 4.69) is 0 Å². The average molecular weight is 234 g/mol. The minimum Gasteiger partial charge on any atom is -0.506 e. The summed E-state index contributed by atoms with van der Waals surface area (Å²) in [5, 5.41) is 18.3. The predicted molar refractivity (Wildman–Crippen MR) is 63.1 cm³/mol. The van der Waals surface area contributed by atoms with Crippen molar-refractivity contribution in [3.63, 3.8) is 0 Å². The summed E-state index contributed by atoms with van der Waals surface area (Å²) in [5.74, 6) is -1.27. The Bertz CT molecular complexity index is 543. The van der Waals surface area contributed by atoms with Crippen molar-refractivity contribution in [1.82, 2.24) is 0 Å². The molecule has 1 heterocycles. The van der Waals surface area contributed by atoms with Crippen LogP contribution in [0.2, 0.25) is 0 Å². The number of aryl methyl sites for hydroxylation is 1. The molecule has 1 aromatic heterocycles. The summed E-state index contributed by atoms with van der Waals surface area (Å²) in [7, 11) is 0. The van der Waals surface area contributed by atoms with Crippen LogP contribution in [-0.2, 0) is 0 Å². The predicted octanol–water partition coefficient (Wildman–Crippen LogP) is 3.13. The summed E-state index contributed by atoms with van der Waals surface area (Å²) in [6.07, 6.45) is 0. The van der Waals surface area contributed by atoms with E-state index in [1.165, 1.54) is 6.07 Å². The summed E-state index contributed by atoms with van der Waals surface area (Å²) in [4.78, 5) is 11.5. The van der Waals surface area contributed by atoms with Gasteiger partial charge in [0.15, 0.2) is 4.88 Å². The minimum atomic E-state index is -1.10. The van der Waals surface area contributed by atoms with E-state index in [1.807, 2.05) is 31.2 Å². The van der Waals surface area contributed by atoms with Crippen molar-refractivity contribution >= 4 is 17.3 Å². The number of thiophene rings is 1. The highest BCUT2D eigenvalue weighted by atomic mass is 32.1. The van der Waals surface area contributed by atoms with Crippen LogP contribution in [0.4, 0.5) is 0 Å². The van der Waals surface area contributed by atoms with Crippen LogP contribution in [0.1, 0.15) is 15.2 Å². The zero-order valence-electron chi connectivity index (χ0n) is 8.60. The zero-order valence-corrected chi connectivity index (χ0v) is 9.41. The maximum absolute atomic E-state index is 10.8. The fourth-order valence-corrected chi connectivity index (χ4v) is 2.36. The number of carbonyl (C=O) groups is 1. The Morgan fingerprint density at radius 2 is 2.06 bits per heavy atom. The van der Waals surface area contributed by atoms with E-state index < -0.39 is 5.97 Å². The van der Waals surface area contributed by atoms with Gasteiger partial charge in [-0.05, 0) is 18.6 Å². The molecular formula is C12H10O3S. The van der Waals surface area contributed by atoms with Crippen LogP contribution < -0.4 is 0 Å². The molecule has 0 amide bonds. The Labute approximate surface area is 96.6 Å². The van der Waals surface area contributed by atoms with Gasteiger partial charge in [0, 0.05) is 4.88 Å². The quantitative estimate of drug-likeness (QED) is 0.839. The van der Waals surface area contributed by atoms with Gasteiger partial charge >= 0.3 is 5.97 Å². The molecule has 0 atom stereocenters. The van der Waals surface area contributed by atoms with Crippen molar-refractivity contribution in [2.24, 2.45) is 0 Å². The monoisotopic (exact) mass is 234 g/mol. The molecule has 0 aliphatic heterocycles. The van der Waals surface area contributed by atoms with Crippen LogP contribution in [0.15, 0.2) is 30.3 Å². The standard InChI is InChI=1S/C12H10O3S/c1-7-3-2-4-8(5-7)10-6-9(13)11(16-10)12(14)15/h2-6,13H,1H3,(H,14,15). The summed E-state index contributed by atoms with van der Waals surface area (Å²) in [6.45, 7) is 1.97. The van der Waals surface area contributed by atoms with Crippen molar-refractivity contribution in [1.29, 1.82) is 0 Å². The third kappa shape index (κ3) is 1.92. The van der Waals surface area contributed by atoms with Gasteiger partial charge in [-0.25, -0.2) is 4.79 Å². The molecule has 0 aliphatic rings. The van der Waals surface area contributed by atoms with Gasteiger partial charge in [0.25, 0.3) is 0 Å². The Kier molecular flexibility index (Phi) is 2.66. The highest BCUT2D eigenvalue weighted by molar-refractivity contribution is 7.17. The molecule has 0 saturated carbocycles. The lowest BCUT2D eigenvalue weighted by Crippen LogP contribution is -1.90. The van der Waals surface area contributed by atoms with Crippen molar-refractivity contribution in [3.05, 3.63) is 40.8 Å². The van der Waals surface area contributed by atoms with Gasteiger partial charge in [0.1, 0.15) is 5.75 Å². The second kappa shape index (κ2) is 3.98. The third-order valence-electron chi connectivity index (χ3n) is 2.21. The second-order valence-electron chi connectivity index (χ2n) is 3.50. The highest BCUT2D eigenvalue weighted by Crippen LogP contribution is 2.35. The smallest absolute Gasteiger partial charge is 0.349 e. The molecule has 0 unspecified atom stereocenters. The van der Waals surface area contributed by atoms with Crippen LogP contribution >= 0.6 is 11.3 Å². The van der Waals surface area contributed by atoms with Gasteiger partial charge in [0.05, 0.1) is 0 Å². The molecule has 2 aromatic rings. The first-order chi connectivity index (χ1) is 7.58. The minimum absolute atomic E-state index is 0.0171. The van der Waals surface area contributed by atoms with E-state index in [1.54, 1.807) is 0 Å². The maximum Gasteiger partial charge on any atom is 0.349 e. The van der Waals surface area contributed by atoms with Crippen molar-refractivity contribution < 1.29 is 15.0 Å². The summed E-state index contributed by atoms with van der Waals surface area (Å²) in [5.41, 5.74) is 2.02. The Morgan fingerprint density at radius 1 is 1.31 bits per heavy atom. The SMILES string of the molecule is Cc1cccc(-c2cc(O)c(C(=O)O)s2)c1. The number of aromatic hydroxyl groups is 1. The van der Waals surface area contributed by atoms with E-state index in [9.17, 15) is 9.90 Å². The molecule has 82 valence electrons. The Hall–Kier alpha value is -1.81. The van der Waals surface area contributed by atoms with E-state index in [4.69, 9.17) is 5.11 Å². The molecule has 16 heavy (non-hydrogen) atoms. The average Bonchev–Trinajstić information content (AvgIpc) is 2.60. The number of rotatable bonds is 2. The number of hydrogen-bond acceptors (Lipinski definition) is 3. The molecule has 0 saturated heterocycles. The molecule has 0 bridgehead atoms. The van der Waals surface area contributed by atoms with Crippen LogP contribution in [0.5, 0.6) is 5.75 Å². The van der Waals surface area contributed by atoms with E-state index >= 15 is 0 Å². The largest absolute Gasteiger partial charge is 0.506 e. The van der Waals surface area contributed by atoms with Crippen LogP contribution in [0.25, 0.3) is 10.4 Å². The molecular weight excluding hydrogens is 224 g/mol. The molecule has 1 aromatic carbocycles. The number of carboxylic acid groups (broad SMARTS) is 1. The Balaban J connectivity index is 2.49. The fraction of sp³-hybridized carbons (Fsp3) is 0.0833. The molecule has 0 fully saturated rings. The number of carboxylic acids is 1. The normalized spacial score (nSPS) is 10.3. The number of hydrogen-bond donors (Lipinski definition) is 2. The summed E-state index contributed by atoms with van der Waals surface area (Å²) in [6, 6.07) is 9.21. The topological polar surface area (TPSA) is 57.5 Å². The molecule has 0 aliphatic carbocycles. The number of aromatic carboxylic acids is 1. The lowest BCUT2D eigenvalue weighted by molar-refractivity contribution is 0.0699. The maximum atomic E-state index is 10.8. The first-order valence-corrected chi connectivity index (χ1v) is 5.52. The first kappa shape index (κ1) is 10.7. The summed E-state index contributed by atoms with van der Waals surface area (Å²) < 4.78 is 0. The lowest BCUT2D eigenvalue weighted by atomic mass is 10.1. The second-order valence-corrected chi connectivity index (χ2v) is 4.55. The first-order valence-electron chi connectivity index (χ1n) is 4.71. The van der Waals surface area contributed by atoms with Gasteiger partial charge < -0.3 is 10.2 Å². The zero-order chi connectivity index (χ0) is 11.7. The molecule has 2 N–H and O–H groups in total. The van der Waals surface area contributed by atoms with Crippen molar-refractivity contribution in [3.8, 4) is 16.2 Å². The van der Waals surface area contributed by atoms with Crippen LogP contribution in [0.3, 0.4) is 0 Å². The summed E-state index contributed by atoms with van der Waals surface area (Å²) >= 11 is 1.08. The van der Waals surface area contributed by atoms with Crippen LogP contribution in [-0.4, -0.2) is 16.2 Å². The molecule has 3 nitrogen and oxygen atoms in total. The Morgan fingerprint density at radius 3 is 2.62 bits per heavy atom. The third-order valence-corrected chi connectivity index (χ3v) is 3.37. The molecule has 0 spiro atoms. The number of benzene rings is 1. The van der Waals surface area contributed by atoms with E-state index in [0.29, 0.717) is 0 Å². The molecule has 0 radical (unpaired) electrons. The van der Waals surface area contributed by atoms with Gasteiger partial charge in [-0.2, -0.15) is 0 Å². The molecule has 4 heteroatoms. The lowest BCUT2D eigenvalue weighted by Gasteiger charge is -1.97. The van der Waals surface area contributed by atoms with Gasteiger partial charge in [-0.15, -0.1) is 11.3 Å². The fourth-order valence-electron chi connectivity index (χ4n) is 1.48. The van der Waals surface area contributed by atoms with Gasteiger partial charge in [-0.3, -0.25) is 0 Å². The van der Waals surface area contributed by atoms with Crippen molar-refractivity contribution in [2.45, 2.75) is 6.92 Å². The van der Waals surface area contributed by atoms with E-state index in [0.717, 1.165) is 27.3 Å². The highest BCUT2D eigenvalue weighted by Gasteiger charge is 2.15. The van der Waals surface area contributed by atoms with Crippen molar-refractivity contribution in [2.75, 3.05) is 0 Å². The van der Waals surface area contributed by atoms with Crippen LogP contribution in [0, 0.1) is 6.92 Å². The van der Waals surface area contributed by atoms with Gasteiger partial charge in [0.2, 0.25) is 0 Å². The van der Waals surface area contributed by atoms with E-state index in [-0.39, 0.29) is 10.6 Å². The van der Waals surface area contributed by atoms with Gasteiger partial charge in [-0.1, -0.05) is 29.8 Å². The molecule has 2 rings (SSSR count).